The van der Waals surface area contributed by atoms with E-state index >= 15 is 0 Å². The zero-order valence-electron chi connectivity index (χ0n) is 12.4. The first-order valence-electron chi connectivity index (χ1n) is 7.10. The van der Waals surface area contributed by atoms with Crippen LogP contribution < -0.4 is 11.2 Å². The molecule has 0 unspecified atom stereocenters. The van der Waals surface area contributed by atoms with Crippen molar-refractivity contribution in [1.29, 1.82) is 0 Å². The van der Waals surface area contributed by atoms with Gasteiger partial charge in [-0.15, -0.1) is 0 Å². The van der Waals surface area contributed by atoms with E-state index in [2.05, 4.69) is 5.43 Å². The van der Waals surface area contributed by atoms with Crippen LogP contribution >= 0.6 is 12.2 Å². The number of carbonyl (C=O) groups excluding carboxylic acids is 1. The Balaban J connectivity index is 2.33. The van der Waals surface area contributed by atoms with Gasteiger partial charge in [0.25, 0.3) is 5.91 Å². The number of hydrogen-bond donors (Lipinski definition) is 2. The van der Waals surface area contributed by atoms with Crippen molar-refractivity contribution < 1.29 is 4.79 Å². The molecular formula is C17H19N3OS. The third-order valence-electron chi connectivity index (χ3n) is 3.36. The molecule has 0 radical (unpaired) electrons. The molecule has 114 valence electrons. The number of hydrogen-bond acceptors (Lipinski definition) is 2. The van der Waals surface area contributed by atoms with Crippen LogP contribution in [0.3, 0.4) is 0 Å². The molecule has 1 amide bonds. The summed E-state index contributed by atoms with van der Waals surface area (Å²) in [6, 6.07) is 19.3. The summed E-state index contributed by atoms with van der Waals surface area (Å²) in [4.78, 5) is 12.7. The van der Waals surface area contributed by atoms with Crippen molar-refractivity contribution in [2.24, 2.45) is 5.73 Å². The predicted octanol–water partition coefficient (Wildman–Crippen LogP) is 2.42. The van der Waals surface area contributed by atoms with Crippen LogP contribution in [-0.4, -0.2) is 22.6 Å². The van der Waals surface area contributed by atoms with Crippen molar-refractivity contribution in [2.75, 3.05) is 6.54 Å². The van der Waals surface area contributed by atoms with Gasteiger partial charge in [-0.25, -0.2) is 0 Å². The van der Waals surface area contributed by atoms with Crippen molar-refractivity contribution in [1.82, 2.24) is 10.4 Å². The summed E-state index contributed by atoms with van der Waals surface area (Å²) in [5, 5.41) is 1.62. The van der Waals surface area contributed by atoms with E-state index < -0.39 is 5.92 Å². The van der Waals surface area contributed by atoms with Gasteiger partial charge in [-0.1, -0.05) is 60.7 Å². The number of hydrazine groups is 1. The molecule has 0 saturated carbocycles. The maximum absolute atomic E-state index is 12.7. The second-order valence-corrected chi connectivity index (χ2v) is 5.23. The third-order valence-corrected chi connectivity index (χ3v) is 3.58. The first-order chi connectivity index (χ1) is 10.6. The molecule has 0 atom stereocenters. The summed E-state index contributed by atoms with van der Waals surface area (Å²) < 4.78 is 0. The van der Waals surface area contributed by atoms with E-state index in [1.165, 1.54) is 5.01 Å². The summed E-state index contributed by atoms with van der Waals surface area (Å²) in [6.07, 6.45) is 0. The fourth-order valence-corrected chi connectivity index (χ4v) is 2.45. The quantitative estimate of drug-likeness (QED) is 0.672. The molecule has 0 spiro atoms. The van der Waals surface area contributed by atoms with Crippen LogP contribution in [0.15, 0.2) is 60.7 Å². The molecular weight excluding hydrogens is 294 g/mol. The molecule has 5 heteroatoms. The lowest BCUT2D eigenvalue weighted by Crippen LogP contribution is -2.50. The van der Waals surface area contributed by atoms with Gasteiger partial charge >= 0.3 is 0 Å². The second-order valence-electron chi connectivity index (χ2n) is 4.81. The number of amides is 1. The van der Waals surface area contributed by atoms with Crippen LogP contribution in [0.4, 0.5) is 0 Å². The summed E-state index contributed by atoms with van der Waals surface area (Å²) in [5.74, 6) is -0.571. The Hall–Kier alpha value is -2.40. The highest BCUT2D eigenvalue weighted by molar-refractivity contribution is 7.80. The fraction of sp³-hybridized carbons (Fsp3) is 0.176. The van der Waals surface area contributed by atoms with E-state index in [-0.39, 0.29) is 11.0 Å². The fourth-order valence-electron chi connectivity index (χ4n) is 2.27. The van der Waals surface area contributed by atoms with Gasteiger partial charge in [-0.3, -0.25) is 15.2 Å². The van der Waals surface area contributed by atoms with Crippen molar-refractivity contribution in [2.45, 2.75) is 12.8 Å². The molecule has 0 aliphatic heterocycles. The van der Waals surface area contributed by atoms with Crippen molar-refractivity contribution in [3.63, 3.8) is 0 Å². The first-order valence-corrected chi connectivity index (χ1v) is 7.51. The van der Waals surface area contributed by atoms with Gasteiger partial charge in [0.1, 0.15) is 0 Å². The monoisotopic (exact) mass is 313 g/mol. The topological polar surface area (TPSA) is 58.4 Å². The molecule has 0 aliphatic carbocycles. The van der Waals surface area contributed by atoms with Crippen molar-refractivity contribution in [3.8, 4) is 0 Å². The molecule has 2 aromatic rings. The van der Waals surface area contributed by atoms with Gasteiger partial charge in [0.2, 0.25) is 0 Å². The van der Waals surface area contributed by atoms with Gasteiger partial charge in [0, 0.05) is 6.54 Å². The van der Waals surface area contributed by atoms with Gasteiger partial charge < -0.3 is 5.73 Å². The van der Waals surface area contributed by atoms with E-state index in [9.17, 15) is 4.79 Å². The first kappa shape index (κ1) is 16.0. The number of thiocarbonyl (C=S) groups is 1. The van der Waals surface area contributed by atoms with Crippen molar-refractivity contribution in [3.05, 3.63) is 71.8 Å². The molecule has 4 nitrogen and oxygen atoms in total. The molecule has 0 fully saturated rings. The van der Waals surface area contributed by atoms with Crippen LogP contribution in [0.1, 0.15) is 24.0 Å². The lowest BCUT2D eigenvalue weighted by atomic mass is 9.91. The zero-order valence-corrected chi connectivity index (χ0v) is 13.2. The minimum Gasteiger partial charge on any atom is -0.375 e. The highest BCUT2D eigenvalue weighted by Gasteiger charge is 2.24. The maximum atomic E-state index is 12.7. The van der Waals surface area contributed by atoms with E-state index in [1.54, 1.807) is 0 Å². The Bertz CT molecular complexity index is 591. The standard InChI is InChI=1S/C17H19N3OS/c1-2-20(17(18)22)19-16(21)15(13-9-5-3-6-10-13)14-11-7-4-8-12-14/h3-12,15H,2H2,1H3,(H2,18,22)(H,19,21). The van der Waals surface area contributed by atoms with Gasteiger partial charge in [0.05, 0.1) is 5.92 Å². The molecule has 22 heavy (non-hydrogen) atoms. The van der Waals surface area contributed by atoms with Crippen LogP contribution in [0.25, 0.3) is 0 Å². The van der Waals surface area contributed by atoms with Gasteiger partial charge in [-0.05, 0) is 30.3 Å². The lowest BCUT2D eigenvalue weighted by Gasteiger charge is -2.25. The Morgan fingerprint density at radius 3 is 1.91 bits per heavy atom. The Morgan fingerprint density at radius 1 is 1.09 bits per heavy atom. The Labute approximate surface area is 135 Å². The summed E-state index contributed by atoms with van der Waals surface area (Å²) in [6.45, 7) is 2.39. The second kappa shape index (κ2) is 7.56. The van der Waals surface area contributed by atoms with Gasteiger partial charge in [0.15, 0.2) is 5.11 Å². The molecule has 0 heterocycles. The molecule has 2 aromatic carbocycles. The molecule has 0 bridgehead atoms. The average molecular weight is 313 g/mol. The molecule has 0 aromatic heterocycles. The highest BCUT2D eigenvalue weighted by Crippen LogP contribution is 2.24. The average Bonchev–Trinajstić information content (AvgIpc) is 2.54. The third kappa shape index (κ3) is 3.83. The maximum Gasteiger partial charge on any atom is 0.250 e. The smallest absolute Gasteiger partial charge is 0.250 e. The van der Waals surface area contributed by atoms with E-state index in [0.717, 1.165) is 11.1 Å². The van der Waals surface area contributed by atoms with Crippen LogP contribution in [-0.2, 0) is 4.79 Å². The van der Waals surface area contributed by atoms with Crippen LogP contribution in [0, 0.1) is 0 Å². The molecule has 3 N–H and O–H groups in total. The zero-order chi connectivity index (χ0) is 15.9. The SMILES string of the molecule is CCN(NC(=O)C(c1ccccc1)c1ccccc1)C(N)=S. The lowest BCUT2D eigenvalue weighted by molar-refractivity contribution is -0.124. The number of rotatable bonds is 4. The van der Waals surface area contributed by atoms with Crippen LogP contribution in [0.2, 0.25) is 0 Å². The predicted molar refractivity (Wildman–Crippen MR) is 92.0 cm³/mol. The summed E-state index contributed by atoms with van der Waals surface area (Å²) in [7, 11) is 0. The van der Waals surface area contributed by atoms with Crippen molar-refractivity contribution >= 4 is 23.2 Å². The Morgan fingerprint density at radius 2 is 1.55 bits per heavy atom. The van der Waals surface area contributed by atoms with Crippen LogP contribution in [0.5, 0.6) is 0 Å². The summed E-state index contributed by atoms with van der Waals surface area (Å²) in [5.41, 5.74) is 10.3. The summed E-state index contributed by atoms with van der Waals surface area (Å²) >= 11 is 4.94. The number of nitrogens with zero attached hydrogens (tertiary/aromatic N) is 1. The van der Waals surface area contributed by atoms with E-state index in [0.29, 0.717) is 6.54 Å². The van der Waals surface area contributed by atoms with E-state index in [1.807, 2.05) is 67.6 Å². The molecule has 0 aliphatic rings. The molecule has 0 saturated heterocycles. The minimum absolute atomic E-state index is 0.149. The number of nitrogens with one attached hydrogen (secondary N) is 1. The largest absolute Gasteiger partial charge is 0.375 e. The minimum atomic E-state index is -0.411. The van der Waals surface area contributed by atoms with Gasteiger partial charge in [-0.2, -0.15) is 0 Å². The highest BCUT2D eigenvalue weighted by atomic mass is 32.1. The normalized spacial score (nSPS) is 10.3. The number of benzene rings is 2. The molecule has 2 rings (SSSR count). The van der Waals surface area contributed by atoms with E-state index in [4.69, 9.17) is 18.0 Å². The Kier molecular flexibility index (Phi) is 5.49. The number of carbonyl (C=O) groups is 1. The number of nitrogens with two attached hydrogens (primary N) is 1.